The average Bonchev–Trinajstić information content (AvgIpc) is 3.05. The molecule has 25 heavy (non-hydrogen) atoms. The van der Waals surface area contributed by atoms with Crippen LogP contribution in [0.1, 0.15) is 22.6 Å². The number of hydrogen-bond acceptors (Lipinski definition) is 4. The van der Waals surface area contributed by atoms with Crippen molar-refractivity contribution >= 4 is 11.6 Å². The first-order valence-electron chi connectivity index (χ1n) is 8.28. The summed E-state index contributed by atoms with van der Waals surface area (Å²) in [5.41, 5.74) is 2.09. The van der Waals surface area contributed by atoms with Crippen LogP contribution in [0.4, 0.5) is 5.69 Å². The first kappa shape index (κ1) is 15.8. The molecule has 128 valence electrons. The van der Waals surface area contributed by atoms with Crippen LogP contribution < -0.4 is 5.32 Å². The number of nitrogens with one attached hydrogen (secondary N) is 1. The summed E-state index contributed by atoms with van der Waals surface area (Å²) in [6, 6.07) is 14.0. The number of carbonyl (C=O) groups is 1. The van der Waals surface area contributed by atoms with Gasteiger partial charge in [-0.15, -0.1) is 0 Å². The molecule has 6 nitrogen and oxygen atoms in total. The molecule has 2 aromatic rings. The number of nitro groups is 1. The molecule has 0 saturated carbocycles. The van der Waals surface area contributed by atoms with E-state index in [4.69, 9.17) is 0 Å². The topological polar surface area (TPSA) is 75.5 Å². The fraction of sp³-hybridized carbons (Fsp3) is 0.316. The van der Waals surface area contributed by atoms with E-state index < -0.39 is 11.6 Å². The average molecular weight is 337 g/mol. The van der Waals surface area contributed by atoms with E-state index in [2.05, 4.69) is 5.32 Å². The van der Waals surface area contributed by atoms with Gasteiger partial charge in [-0.05, 0) is 25.6 Å². The van der Waals surface area contributed by atoms with Crippen LogP contribution in [0.25, 0.3) is 0 Å². The van der Waals surface area contributed by atoms with Crippen molar-refractivity contribution in [3.63, 3.8) is 0 Å². The molecule has 4 rings (SSSR count). The maximum atomic E-state index is 13.0. The van der Waals surface area contributed by atoms with Crippen LogP contribution in [0.15, 0.2) is 48.5 Å². The molecule has 0 bridgehead atoms. The van der Waals surface area contributed by atoms with Crippen LogP contribution in [0.3, 0.4) is 0 Å². The van der Waals surface area contributed by atoms with Gasteiger partial charge in [-0.3, -0.25) is 19.8 Å². The molecule has 2 heterocycles. The highest BCUT2D eigenvalue weighted by Gasteiger charge is 2.68. The van der Waals surface area contributed by atoms with Crippen LogP contribution in [-0.4, -0.2) is 35.4 Å². The number of aryl methyl sites for hydroxylation is 1. The third kappa shape index (κ3) is 2.04. The number of carbonyl (C=O) groups excluding carboxylic acids is 1. The summed E-state index contributed by atoms with van der Waals surface area (Å²) in [6.07, 6.45) is 0. The third-order valence-corrected chi connectivity index (χ3v) is 5.55. The van der Waals surface area contributed by atoms with E-state index in [1.54, 1.807) is 13.1 Å². The molecule has 0 aliphatic carbocycles. The van der Waals surface area contributed by atoms with E-state index in [-0.39, 0.29) is 16.7 Å². The number of hydrogen-bond donors (Lipinski definition) is 1. The van der Waals surface area contributed by atoms with Gasteiger partial charge < -0.3 is 5.32 Å². The number of likely N-dealkylation sites (tertiary alicyclic amines) is 1. The molecule has 6 heteroatoms. The van der Waals surface area contributed by atoms with Crippen molar-refractivity contribution in [3.05, 3.63) is 75.3 Å². The van der Waals surface area contributed by atoms with Crippen LogP contribution >= 0.6 is 0 Å². The molecule has 2 aliphatic rings. The van der Waals surface area contributed by atoms with Crippen LogP contribution in [-0.2, 0) is 10.3 Å². The van der Waals surface area contributed by atoms with Crippen molar-refractivity contribution in [2.24, 2.45) is 0 Å². The summed E-state index contributed by atoms with van der Waals surface area (Å²) in [5, 5.41) is 15.0. The molecule has 1 spiro atoms. The minimum Gasteiger partial charge on any atom is -0.324 e. The van der Waals surface area contributed by atoms with Gasteiger partial charge in [0.1, 0.15) is 0 Å². The first-order valence-corrected chi connectivity index (χ1v) is 8.28. The molecular formula is C19H19N3O3. The van der Waals surface area contributed by atoms with E-state index in [9.17, 15) is 14.9 Å². The minimum absolute atomic E-state index is 0.282. The monoisotopic (exact) mass is 337 g/mol. The second-order valence-electron chi connectivity index (χ2n) is 6.89. The Morgan fingerprint density at radius 1 is 1.20 bits per heavy atom. The summed E-state index contributed by atoms with van der Waals surface area (Å²) in [5.74, 6) is -0.662. The van der Waals surface area contributed by atoms with E-state index in [1.807, 2.05) is 54.3 Å². The fourth-order valence-corrected chi connectivity index (χ4v) is 4.39. The highest BCUT2D eigenvalue weighted by Crippen LogP contribution is 2.51. The van der Waals surface area contributed by atoms with Crippen LogP contribution in [0.5, 0.6) is 0 Å². The van der Waals surface area contributed by atoms with Gasteiger partial charge >= 0.3 is 0 Å². The van der Waals surface area contributed by atoms with Gasteiger partial charge in [0, 0.05) is 22.7 Å². The summed E-state index contributed by atoms with van der Waals surface area (Å²) in [7, 11) is 1.80. The lowest BCUT2D eigenvalue weighted by molar-refractivity contribution is -0.534. The van der Waals surface area contributed by atoms with Gasteiger partial charge in [0.25, 0.3) is 11.9 Å². The molecule has 3 atom stereocenters. The normalized spacial score (nSPS) is 28.2. The van der Waals surface area contributed by atoms with E-state index in [0.29, 0.717) is 17.8 Å². The number of amides is 1. The zero-order valence-electron chi connectivity index (χ0n) is 14.1. The van der Waals surface area contributed by atoms with Gasteiger partial charge in [0.2, 0.25) is 0 Å². The minimum atomic E-state index is -1.27. The second kappa shape index (κ2) is 5.39. The van der Waals surface area contributed by atoms with Crippen LogP contribution in [0, 0.1) is 17.0 Å². The molecule has 1 N–H and O–H groups in total. The van der Waals surface area contributed by atoms with Crippen molar-refractivity contribution in [3.8, 4) is 0 Å². The van der Waals surface area contributed by atoms with Crippen molar-refractivity contribution in [1.29, 1.82) is 0 Å². The van der Waals surface area contributed by atoms with Gasteiger partial charge in [0.05, 0.1) is 5.92 Å². The summed E-state index contributed by atoms with van der Waals surface area (Å²) >= 11 is 0. The molecule has 0 aromatic heterocycles. The van der Waals surface area contributed by atoms with Crippen molar-refractivity contribution < 1.29 is 9.72 Å². The number of para-hydroxylation sites is 1. The maximum absolute atomic E-state index is 13.0. The van der Waals surface area contributed by atoms with Crippen molar-refractivity contribution in [1.82, 2.24) is 4.90 Å². The lowest BCUT2D eigenvalue weighted by atomic mass is 9.79. The smallest absolute Gasteiger partial charge is 0.256 e. The predicted molar refractivity (Wildman–Crippen MR) is 94.1 cm³/mol. The number of nitrogens with zero attached hydrogens (tertiary/aromatic N) is 2. The SMILES string of the molecule is Cc1ccc([C@@H]2CN(C)[C@]3(C(=O)Nc4ccccc43)[C@@H]2[N+](=O)[O-])cc1. The zero-order chi connectivity index (χ0) is 17.8. The maximum Gasteiger partial charge on any atom is 0.256 e. The van der Waals surface area contributed by atoms with E-state index in [0.717, 1.165) is 11.1 Å². The Bertz CT molecular complexity index is 864. The number of likely N-dealkylation sites (N-methyl/N-ethyl adjacent to an activating group) is 1. The Balaban J connectivity index is 1.90. The van der Waals surface area contributed by atoms with Gasteiger partial charge in [-0.2, -0.15) is 0 Å². The molecule has 2 aliphatic heterocycles. The van der Waals surface area contributed by atoms with E-state index in [1.165, 1.54) is 0 Å². The third-order valence-electron chi connectivity index (χ3n) is 5.55. The highest BCUT2D eigenvalue weighted by atomic mass is 16.6. The summed E-state index contributed by atoms with van der Waals surface area (Å²) in [6.45, 7) is 2.44. The molecule has 1 amide bonds. The highest BCUT2D eigenvalue weighted by molar-refractivity contribution is 6.06. The molecule has 0 radical (unpaired) electrons. The van der Waals surface area contributed by atoms with Gasteiger partial charge in [-0.25, -0.2) is 0 Å². The lowest BCUT2D eigenvalue weighted by Gasteiger charge is -2.30. The number of anilines is 1. The largest absolute Gasteiger partial charge is 0.324 e. The quantitative estimate of drug-likeness (QED) is 0.675. The summed E-state index contributed by atoms with van der Waals surface area (Å²) < 4.78 is 0. The summed E-state index contributed by atoms with van der Waals surface area (Å²) in [4.78, 5) is 26.6. The number of rotatable bonds is 2. The van der Waals surface area contributed by atoms with Crippen molar-refractivity contribution in [2.45, 2.75) is 24.4 Å². The molecule has 1 fully saturated rings. The standard InChI is InChI=1S/C19H19N3O3/c1-12-7-9-13(10-8-12)14-11-21(2)19(17(14)22(24)25)15-5-3-4-6-16(15)20-18(19)23/h3-10,14,17H,11H2,1-2H3,(H,20,23)/t14-,17+,19-/m0/s1. The molecular weight excluding hydrogens is 318 g/mol. The second-order valence-corrected chi connectivity index (χ2v) is 6.89. The zero-order valence-corrected chi connectivity index (χ0v) is 14.1. The van der Waals surface area contributed by atoms with E-state index >= 15 is 0 Å². The Kier molecular flexibility index (Phi) is 3.40. The van der Waals surface area contributed by atoms with Gasteiger partial charge in [0.15, 0.2) is 5.54 Å². The van der Waals surface area contributed by atoms with Crippen molar-refractivity contribution in [2.75, 3.05) is 18.9 Å². The number of benzene rings is 2. The molecule has 1 saturated heterocycles. The Morgan fingerprint density at radius 3 is 2.56 bits per heavy atom. The fourth-order valence-electron chi connectivity index (χ4n) is 4.39. The lowest BCUT2D eigenvalue weighted by Crippen LogP contribution is -2.54. The van der Waals surface area contributed by atoms with Gasteiger partial charge in [-0.1, -0.05) is 48.0 Å². The first-order chi connectivity index (χ1) is 12.0. The molecule has 2 aromatic carbocycles. The Labute approximate surface area is 145 Å². The molecule has 0 unspecified atom stereocenters. The predicted octanol–water partition coefficient (Wildman–Crippen LogP) is 2.52. The van der Waals surface area contributed by atoms with Crippen LogP contribution in [0.2, 0.25) is 0 Å². The number of fused-ring (bicyclic) bond motifs is 2. The Morgan fingerprint density at radius 2 is 1.88 bits per heavy atom. The Hall–Kier alpha value is -2.73.